The number of anilines is 1. The minimum atomic E-state index is -4.61. The van der Waals surface area contributed by atoms with Crippen molar-refractivity contribution in [2.45, 2.75) is 38.7 Å². The second kappa shape index (κ2) is 5.88. The first-order chi connectivity index (χ1) is 10.5. The number of carbonyl (C=O) groups is 1. The van der Waals surface area contributed by atoms with Gasteiger partial charge in [0.2, 0.25) is 0 Å². The van der Waals surface area contributed by atoms with E-state index in [4.69, 9.17) is 4.74 Å². The van der Waals surface area contributed by atoms with Gasteiger partial charge in [-0.05, 0) is 26.8 Å². The van der Waals surface area contributed by atoms with E-state index in [0.29, 0.717) is 12.3 Å². The van der Waals surface area contributed by atoms with Crippen molar-refractivity contribution < 1.29 is 22.7 Å². The number of morpholine rings is 1. The third-order valence-corrected chi connectivity index (χ3v) is 3.33. The van der Waals surface area contributed by atoms with E-state index in [1.165, 1.54) is 4.90 Å². The van der Waals surface area contributed by atoms with Crippen LogP contribution in [0.3, 0.4) is 0 Å². The standard InChI is InChI=1S/C14H18F3N3O3/c1-8-6-20(7-13(2,3)23-8)12(22)19-10-4-9(14(15,16)17)5-18-11(10)21/h4-5,8H,6-7H2,1-3H3,(H,18,21)(H,19,22)/t8-/m1/s1. The van der Waals surface area contributed by atoms with Crippen molar-refractivity contribution in [1.29, 1.82) is 0 Å². The molecular formula is C14H18F3N3O3. The molecule has 0 spiro atoms. The molecule has 0 radical (unpaired) electrons. The fourth-order valence-electron chi connectivity index (χ4n) is 2.54. The summed E-state index contributed by atoms with van der Waals surface area (Å²) in [4.78, 5) is 27.3. The van der Waals surface area contributed by atoms with Gasteiger partial charge in [-0.25, -0.2) is 4.79 Å². The number of pyridine rings is 1. The number of H-pyrrole nitrogens is 1. The van der Waals surface area contributed by atoms with E-state index in [1.807, 2.05) is 4.98 Å². The molecule has 1 atom stereocenters. The zero-order valence-corrected chi connectivity index (χ0v) is 13.0. The summed E-state index contributed by atoms with van der Waals surface area (Å²) in [6, 6.07) is -0.0239. The van der Waals surface area contributed by atoms with Crippen LogP contribution in [-0.4, -0.2) is 40.7 Å². The Morgan fingerprint density at radius 2 is 2.13 bits per heavy atom. The van der Waals surface area contributed by atoms with Crippen molar-refractivity contribution >= 4 is 11.7 Å². The molecule has 1 aliphatic rings. The summed E-state index contributed by atoms with van der Waals surface area (Å²) in [6.07, 6.45) is -4.26. The third-order valence-electron chi connectivity index (χ3n) is 3.33. The van der Waals surface area contributed by atoms with E-state index in [9.17, 15) is 22.8 Å². The highest BCUT2D eigenvalue weighted by atomic mass is 19.4. The molecule has 9 heteroatoms. The number of carbonyl (C=O) groups excluding carboxylic acids is 1. The first-order valence-electron chi connectivity index (χ1n) is 7.01. The molecular weight excluding hydrogens is 315 g/mol. The van der Waals surface area contributed by atoms with Crippen LogP contribution >= 0.6 is 0 Å². The molecule has 2 heterocycles. The second-order valence-corrected chi connectivity index (χ2v) is 6.13. The molecule has 0 aliphatic carbocycles. The van der Waals surface area contributed by atoms with Crippen LogP contribution in [0.2, 0.25) is 0 Å². The Balaban J connectivity index is 2.19. The number of hydrogen-bond donors (Lipinski definition) is 2. The van der Waals surface area contributed by atoms with E-state index < -0.39 is 34.6 Å². The highest BCUT2D eigenvalue weighted by Gasteiger charge is 2.35. The maximum Gasteiger partial charge on any atom is 0.417 e. The number of alkyl halides is 3. The van der Waals surface area contributed by atoms with Crippen molar-refractivity contribution in [3.8, 4) is 0 Å². The number of urea groups is 1. The van der Waals surface area contributed by atoms with Gasteiger partial charge in [0, 0.05) is 12.7 Å². The van der Waals surface area contributed by atoms with Gasteiger partial charge in [0.15, 0.2) is 0 Å². The molecule has 2 amide bonds. The Morgan fingerprint density at radius 3 is 2.70 bits per heavy atom. The summed E-state index contributed by atoms with van der Waals surface area (Å²) < 4.78 is 43.7. The monoisotopic (exact) mass is 333 g/mol. The maximum absolute atomic E-state index is 12.7. The highest BCUT2D eigenvalue weighted by molar-refractivity contribution is 5.89. The molecule has 6 nitrogen and oxygen atoms in total. The molecule has 0 bridgehead atoms. The Labute approximate surface area is 130 Å². The number of nitrogens with one attached hydrogen (secondary N) is 2. The van der Waals surface area contributed by atoms with Crippen LogP contribution < -0.4 is 10.9 Å². The Hall–Kier alpha value is -2.03. The van der Waals surface area contributed by atoms with Gasteiger partial charge in [-0.2, -0.15) is 13.2 Å². The van der Waals surface area contributed by atoms with E-state index in [2.05, 4.69) is 5.32 Å². The summed E-state index contributed by atoms with van der Waals surface area (Å²) in [6.45, 7) is 5.95. The summed E-state index contributed by atoms with van der Waals surface area (Å²) >= 11 is 0. The summed E-state index contributed by atoms with van der Waals surface area (Å²) in [5.41, 5.74) is -2.85. The largest absolute Gasteiger partial charge is 0.417 e. The lowest BCUT2D eigenvalue weighted by Gasteiger charge is -2.41. The molecule has 1 saturated heterocycles. The third kappa shape index (κ3) is 4.25. The minimum Gasteiger partial charge on any atom is -0.369 e. The van der Waals surface area contributed by atoms with E-state index in [-0.39, 0.29) is 19.2 Å². The molecule has 1 aromatic rings. The predicted molar refractivity (Wildman–Crippen MR) is 77.3 cm³/mol. The average Bonchev–Trinajstić information content (AvgIpc) is 2.37. The molecule has 128 valence electrons. The number of aromatic amines is 1. The Bertz CT molecular complexity index is 655. The van der Waals surface area contributed by atoms with Crippen LogP contribution in [0.25, 0.3) is 0 Å². The lowest BCUT2D eigenvalue weighted by Crippen LogP contribution is -2.55. The van der Waals surface area contributed by atoms with E-state index >= 15 is 0 Å². The van der Waals surface area contributed by atoms with Crippen molar-refractivity contribution in [2.75, 3.05) is 18.4 Å². The minimum absolute atomic E-state index is 0.218. The van der Waals surface area contributed by atoms with Gasteiger partial charge >= 0.3 is 12.2 Å². The smallest absolute Gasteiger partial charge is 0.369 e. The van der Waals surface area contributed by atoms with Gasteiger partial charge in [0.05, 0.1) is 23.8 Å². The normalized spacial score (nSPS) is 21.1. The van der Waals surface area contributed by atoms with Crippen LogP contribution in [-0.2, 0) is 10.9 Å². The number of aromatic nitrogens is 1. The summed E-state index contributed by atoms with van der Waals surface area (Å²) in [7, 11) is 0. The number of ether oxygens (including phenoxy) is 1. The molecule has 1 aliphatic heterocycles. The first kappa shape index (κ1) is 17.3. The molecule has 0 saturated carbocycles. The SMILES string of the molecule is C[C@@H]1CN(C(=O)Nc2cc(C(F)(F)F)c[nH]c2=O)CC(C)(C)O1. The molecule has 0 unspecified atom stereocenters. The quantitative estimate of drug-likeness (QED) is 0.829. The Kier molecular flexibility index (Phi) is 4.43. The molecule has 23 heavy (non-hydrogen) atoms. The van der Waals surface area contributed by atoms with Gasteiger partial charge in [0.1, 0.15) is 5.69 Å². The van der Waals surface area contributed by atoms with Gasteiger partial charge in [-0.15, -0.1) is 0 Å². The van der Waals surface area contributed by atoms with Gasteiger partial charge in [-0.1, -0.05) is 0 Å². The molecule has 1 fully saturated rings. The zero-order chi connectivity index (χ0) is 17.4. The van der Waals surface area contributed by atoms with Crippen LogP contribution in [0, 0.1) is 0 Å². The molecule has 2 rings (SSSR count). The van der Waals surface area contributed by atoms with Crippen LogP contribution in [0.5, 0.6) is 0 Å². The van der Waals surface area contributed by atoms with E-state index in [0.717, 1.165) is 0 Å². The van der Waals surface area contributed by atoms with Gasteiger partial charge in [-0.3, -0.25) is 4.79 Å². The molecule has 0 aromatic carbocycles. The Morgan fingerprint density at radius 1 is 1.48 bits per heavy atom. The summed E-state index contributed by atoms with van der Waals surface area (Å²) in [5.74, 6) is 0. The number of hydrogen-bond acceptors (Lipinski definition) is 3. The zero-order valence-electron chi connectivity index (χ0n) is 13.0. The van der Waals surface area contributed by atoms with Crippen molar-refractivity contribution in [3.05, 3.63) is 28.2 Å². The fraction of sp³-hybridized carbons (Fsp3) is 0.571. The van der Waals surface area contributed by atoms with Crippen LogP contribution in [0.15, 0.2) is 17.1 Å². The van der Waals surface area contributed by atoms with Crippen LogP contribution in [0.4, 0.5) is 23.7 Å². The number of halogens is 3. The number of rotatable bonds is 1. The fourth-order valence-corrected chi connectivity index (χ4v) is 2.54. The first-order valence-corrected chi connectivity index (χ1v) is 7.01. The van der Waals surface area contributed by atoms with E-state index in [1.54, 1.807) is 20.8 Å². The predicted octanol–water partition coefficient (Wildman–Crippen LogP) is 2.42. The average molecular weight is 333 g/mol. The lowest BCUT2D eigenvalue weighted by atomic mass is 10.1. The number of amides is 2. The molecule has 1 aromatic heterocycles. The van der Waals surface area contributed by atoms with Gasteiger partial charge < -0.3 is 19.9 Å². The van der Waals surface area contributed by atoms with Gasteiger partial charge in [0.25, 0.3) is 5.56 Å². The highest BCUT2D eigenvalue weighted by Crippen LogP contribution is 2.29. The molecule has 2 N–H and O–H groups in total. The number of nitrogens with zero attached hydrogens (tertiary/aromatic N) is 1. The van der Waals surface area contributed by atoms with Crippen molar-refractivity contribution in [1.82, 2.24) is 9.88 Å². The second-order valence-electron chi connectivity index (χ2n) is 6.13. The topological polar surface area (TPSA) is 74.4 Å². The van der Waals surface area contributed by atoms with Crippen molar-refractivity contribution in [2.24, 2.45) is 0 Å². The lowest BCUT2D eigenvalue weighted by molar-refractivity contribution is -0.137. The maximum atomic E-state index is 12.7. The van der Waals surface area contributed by atoms with Crippen LogP contribution in [0.1, 0.15) is 26.3 Å². The summed E-state index contributed by atoms with van der Waals surface area (Å²) in [5, 5.41) is 2.24. The van der Waals surface area contributed by atoms with Crippen molar-refractivity contribution in [3.63, 3.8) is 0 Å².